The largest absolute Gasteiger partial charge is 0.303 e. The topological polar surface area (TPSA) is 89.3 Å². The van der Waals surface area contributed by atoms with Gasteiger partial charge in [-0.15, -0.1) is 0 Å². The van der Waals surface area contributed by atoms with Crippen LogP contribution in [0.5, 0.6) is 0 Å². The normalized spacial score (nSPS) is 11.3. The molecule has 5 nitrogen and oxygen atoms in total. The highest BCUT2D eigenvalue weighted by Crippen LogP contribution is 2.10. The van der Waals surface area contributed by atoms with Gasteiger partial charge in [0.15, 0.2) is 0 Å². The van der Waals surface area contributed by atoms with Crippen molar-refractivity contribution in [3.05, 3.63) is 29.8 Å². The molecule has 1 rings (SSSR count). The zero-order chi connectivity index (χ0) is 11.3. The van der Waals surface area contributed by atoms with Crippen molar-refractivity contribution in [3.8, 4) is 0 Å². The molecule has 0 aliphatic rings. The van der Waals surface area contributed by atoms with E-state index in [-0.39, 0.29) is 4.90 Å². The number of carbonyl (C=O) groups is 1. The summed E-state index contributed by atoms with van der Waals surface area (Å²) >= 11 is 0. The molecule has 15 heavy (non-hydrogen) atoms. The van der Waals surface area contributed by atoms with Crippen molar-refractivity contribution in [3.63, 3.8) is 0 Å². The lowest BCUT2D eigenvalue weighted by Crippen LogP contribution is -2.30. The quantitative estimate of drug-likeness (QED) is 0.421. The molecule has 3 N–H and O–H groups in total. The van der Waals surface area contributed by atoms with Gasteiger partial charge in [-0.05, 0) is 24.1 Å². The fraction of sp³-hybridized carbons (Fsp3) is 0.222. The van der Waals surface area contributed by atoms with Crippen LogP contribution in [0.1, 0.15) is 12.0 Å². The molecule has 0 unspecified atom stereocenters. The fourth-order valence-corrected chi connectivity index (χ4v) is 1.76. The number of aryl methyl sites for hydroxylation is 1. The Balaban J connectivity index is 2.85. The molecule has 0 aliphatic carbocycles. The van der Waals surface area contributed by atoms with Gasteiger partial charge in [0.2, 0.25) is 0 Å². The summed E-state index contributed by atoms with van der Waals surface area (Å²) in [7, 11) is -3.58. The van der Waals surface area contributed by atoms with Gasteiger partial charge in [-0.25, -0.2) is 8.42 Å². The smallest absolute Gasteiger partial charge is 0.253 e. The molecule has 0 amide bonds. The highest BCUT2D eigenvalue weighted by atomic mass is 32.2. The third-order valence-electron chi connectivity index (χ3n) is 1.94. The van der Waals surface area contributed by atoms with Crippen LogP contribution in [0.2, 0.25) is 0 Å². The molecule has 0 spiro atoms. The first kappa shape index (κ1) is 11.8. The van der Waals surface area contributed by atoms with Crippen LogP contribution in [0.25, 0.3) is 0 Å². The van der Waals surface area contributed by atoms with Crippen molar-refractivity contribution in [2.45, 2.75) is 17.7 Å². The molecule has 6 heteroatoms. The Morgan fingerprint density at radius 3 is 2.33 bits per heavy atom. The molecule has 0 atom stereocenters. The van der Waals surface area contributed by atoms with E-state index in [1.165, 1.54) is 12.1 Å². The summed E-state index contributed by atoms with van der Waals surface area (Å²) in [6.07, 6.45) is 1.87. The second kappa shape index (κ2) is 5.01. The van der Waals surface area contributed by atoms with E-state index in [2.05, 4.69) is 0 Å². The van der Waals surface area contributed by atoms with Crippen LogP contribution in [-0.2, 0) is 21.2 Å². The maximum atomic E-state index is 11.2. The fourth-order valence-electron chi connectivity index (χ4n) is 1.13. The van der Waals surface area contributed by atoms with Gasteiger partial charge >= 0.3 is 0 Å². The Bertz CT molecular complexity index is 425. The first-order chi connectivity index (χ1) is 7.10. The second-order valence-corrected chi connectivity index (χ2v) is 4.68. The lowest BCUT2D eigenvalue weighted by atomic mass is 10.1. The third kappa shape index (κ3) is 3.12. The summed E-state index contributed by atoms with van der Waals surface area (Å²) in [5.41, 5.74) is 0.915. The summed E-state index contributed by atoms with van der Waals surface area (Å²) in [5.74, 6) is 4.87. The van der Waals surface area contributed by atoms with E-state index in [1.54, 1.807) is 17.0 Å². The van der Waals surface area contributed by atoms with Gasteiger partial charge < -0.3 is 4.79 Å². The number of carbonyl (C=O) groups excluding carboxylic acids is 1. The summed E-state index contributed by atoms with van der Waals surface area (Å²) < 4.78 is 22.5. The highest BCUT2D eigenvalue weighted by Gasteiger charge is 2.10. The number of hydrogen-bond donors (Lipinski definition) is 2. The number of nitrogens with one attached hydrogen (secondary N) is 1. The van der Waals surface area contributed by atoms with E-state index in [1.807, 2.05) is 0 Å². The van der Waals surface area contributed by atoms with Gasteiger partial charge in [0, 0.05) is 6.42 Å². The van der Waals surface area contributed by atoms with E-state index >= 15 is 0 Å². The Morgan fingerprint density at radius 1 is 1.27 bits per heavy atom. The predicted octanol–water partition coefficient (Wildman–Crippen LogP) is -0.0299. The average Bonchev–Trinajstić information content (AvgIpc) is 2.27. The zero-order valence-corrected chi connectivity index (χ0v) is 8.83. The van der Waals surface area contributed by atoms with Crippen molar-refractivity contribution in [2.24, 2.45) is 5.84 Å². The lowest BCUT2D eigenvalue weighted by molar-refractivity contribution is -0.107. The number of hydrogen-bond acceptors (Lipinski definition) is 4. The van der Waals surface area contributed by atoms with Gasteiger partial charge in [0.05, 0.1) is 4.90 Å². The number of hydrazine groups is 1. The molecule has 0 bridgehead atoms. The number of rotatable bonds is 5. The Kier molecular flexibility index (Phi) is 3.96. The molecule has 0 heterocycles. The van der Waals surface area contributed by atoms with Crippen LogP contribution >= 0.6 is 0 Å². The number of benzene rings is 1. The molecule has 0 saturated carbocycles. The number of aldehydes is 1. The minimum absolute atomic E-state index is 0.111. The van der Waals surface area contributed by atoms with Crippen LogP contribution in [-0.4, -0.2) is 14.7 Å². The summed E-state index contributed by atoms with van der Waals surface area (Å²) in [6.45, 7) is 0. The zero-order valence-electron chi connectivity index (χ0n) is 8.01. The maximum absolute atomic E-state index is 11.2. The van der Waals surface area contributed by atoms with Crippen molar-refractivity contribution < 1.29 is 13.2 Å². The van der Waals surface area contributed by atoms with Crippen LogP contribution < -0.4 is 10.7 Å². The van der Waals surface area contributed by atoms with Gasteiger partial charge in [-0.2, -0.15) is 4.83 Å². The van der Waals surface area contributed by atoms with E-state index in [9.17, 15) is 13.2 Å². The molecule has 1 aromatic rings. The SMILES string of the molecule is NNS(=O)(=O)c1ccc(CCC=O)cc1. The van der Waals surface area contributed by atoms with E-state index in [0.717, 1.165) is 11.8 Å². The number of nitrogens with two attached hydrogens (primary N) is 1. The molecule has 82 valence electrons. The highest BCUT2D eigenvalue weighted by molar-refractivity contribution is 7.89. The standard InChI is InChI=1S/C9H12N2O3S/c10-11-15(13,14)9-5-3-8(4-6-9)2-1-7-12/h3-7,11H,1-2,10H2. The summed E-state index contributed by atoms with van der Waals surface area (Å²) in [6, 6.07) is 6.23. The second-order valence-electron chi connectivity index (χ2n) is 2.97. The third-order valence-corrected chi connectivity index (χ3v) is 3.14. The monoisotopic (exact) mass is 228 g/mol. The molecule has 0 aliphatic heterocycles. The van der Waals surface area contributed by atoms with E-state index in [0.29, 0.717) is 12.8 Å². The summed E-state index contributed by atoms with van der Waals surface area (Å²) in [5, 5.41) is 0. The Hall–Kier alpha value is -1.24. The average molecular weight is 228 g/mol. The lowest BCUT2D eigenvalue weighted by Gasteiger charge is -2.03. The molecule has 0 aromatic heterocycles. The van der Waals surface area contributed by atoms with Crippen LogP contribution in [0.15, 0.2) is 29.2 Å². The van der Waals surface area contributed by atoms with Crippen molar-refractivity contribution >= 4 is 16.3 Å². The number of sulfonamides is 1. The van der Waals surface area contributed by atoms with Crippen molar-refractivity contribution in [1.29, 1.82) is 0 Å². The van der Waals surface area contributed by atoms with Gasteiger partial charge in [-0.1, -0.05) is 12.1 Å². The van der Waals surface area contributed by atoms with Gasteiger partial charge in [-0.3, -0.25) is 5.84 Å². The van der Waals surface area contributed by atoms with Crippen molar-refractivity contribution in [1.82, 2.24) is 4.83 Å². The van der Waals surface area contributed by atoms with E-state index < -0.39 is 10.0 Å². The van der Waals surface area contributed by atoms with Crippen LogP contribution in [0, 0.1) is 0 Å². The van der Waals surface area contributed by atoms with Gasteiger partial charge in [0.25, 0.3) is 10.0 Å². The van der Waals surface area contributed by atoms with Gasteiger partial charge in [0.1, 0.15) is 6.29 Å². The minimum Gasteiger partial charge on any atom is -0.303 e. The maximum Gasteiger partial charge on any atom is 0.253 e. The van der Waals surface area contributed by atoms with Crippen LogP contribution in [0.3, 0.4) is 0 Å². The Morgan fingerprint density at radius 2 is 1.87 bits per heavy atom. The first-order valence-electron chi connectivity index (χ1n) is 4.35. The first-order valence-corrected chi connectivity index (χ1v) is 5.83. The molecule has 0 saturated heterocycles. The minimum atomic E-state index is -3.58. The molecule has 0 fully saturated rings. The molecular weight excluding hydrogens is 216 g/mol. The Labute approximate surface area is 88.3 Å². The van der Waals surface area contributed by atoms with Crippen molar-refractivity contribution in [2.75, 3.05) is 0 Å². The summed E-state index contributed by atoms with van der Waals surface area (Å²) in [4.78, 5) is 12.0. The molecule has 0 radical (unpaired) electrons. The molecule has 1 aromatic carbocycles. The molecular formula is C9H12N2O3S. The predicted molar refractivity (Wildman–Crippen MR) is 55.3 cm³/mol. The van der Waals surface area contributed by atoms with Crippen LogP contribution in [0.4, 0.5) is 0 Å². The van der Waals surface area contributed by atoms with E-state index in [4.69, 9.17) is 5.84 Å².